The molecule has 3 heteroatoms. The number of ether oxygens (including phenoxy) is 2. The van der Waals surface area contributed by atoms with E-state index in [0.717, 1.165) is 6.92 Å². The first kappa shape index (κ1) is 4.02. The van der Waals surface area contributed by atoms with E-state index in [0.29, 0.717) is 6.08 Å². The highest BCUT2D eigenvalue weighted by molar-refractivity contribution is 5.56. The molecule has 1 N–H and O–H groups in total. The van der Waals surface area contributed by atoms with Gasteiger partial charge in [0.05, 0.1) is 11.6 Å². The summed E-state index contributed by atoms with van der Waals surface area (Å²) < 4.78 is 102. The van der Waals surface area contributed by atoms with Gasteiger partial charge in [-0.25, -0.2) is 0 Å². The van der Waals surface area contributed by atoms with Crippen molar-refractivity contribution in [2.45, 2.75) is 26.7 Å². The molecule has 1 heterocycles. The number of fused-ring (bicyclic) bond motifs is 1. The number of hydrogen-bond donors (Lipinski definition) is 1. The Kier molecular flexibility index (Phi) is 1.04. The lowest BCUT2D eigenvalue weighted by atomic mass is 9.89. The van der Waals surface area contributed by atoms with Gasteiger partial charge in [0, 0.05) is 8.22 Å². The number of rotatable bonds is 2. The lowest BCUT2D eigenvalue weighted by molar-refractivity contribution is 0.106. The molecule has 1 atom stereocenters. The lowest BCUT2D eigenvalue weighted by Crippen LogP contribution is -2.23. The molecule has 0 spiro atoms. The van der Waals surface area contributed by atoms with Crippen molar-refractivity contribution in [3.05, 3.63) is 29.8 Å². The van der Waals surface area contributed by atoms with Gasteiger partial charge in [-0.1, -0.05) is 38.8 Å². The number of hydrogen-bond acceptors (Lipinski definition) is 3. The average molecular weight is 246 g/mol. The van der Waals surface area contributed by atoms with Gasteiger partial charge in [0.2, 0.25) is 6.75 Å². The minimum Gasteiger partial charge on any atom is -0.454 e. The molecule has 17 heavy (non-hydrogen) atoms. The Balaban J connectivity index is 2.63. The Morgan fingerprint density at radius 3 is 3.12 bits per heavy atom. The van der Waals surface area contributed by atoms with Crippen molar-refractivity contribution in [3.8, 4) is 11.5 Å². The van der Waals surface area contributed by atoms with Crippen LogP contribution in [-0.2, 0) is 0 Å². The van der Waals surface area contributed by atoms with E-state index < -0.39 is 73.2 Å². The molecule has 0 saturated carbocycles. The molecule has 1 aromatic carbocycles. The zero-order valence-electron chi connectivity index (χ0n) is 20.9. The van der Waals surface area contributed by atoms with E-state index in [-0.39, 0.29) is 0 Å². The highest BCUT2D eigenvalue weighted by Crippen LogP contribution is 2.33. The molecule has 0 aromatic heterocycles. The standard InChI is InChI=1S/C14H18O3/c1-14(2,3)13(15)7-5-10-4-6-11-12(8-10)17-9-16-11/h4-8,13,15H,9H2,1-3H3/b7-5+/i1D3,2D3,4D,5D,6D,8D,9D2. The van der Waals surface area contributed by atoms with Gasteiger partial charge < -0.3 is 14.6 Å². The molecule has 1 unspecified atom stereocenters. The first-order valence-electron chi connectivity index (χ1n) is 10.7. The SMILES string of the molecule is [2H]/C(=C\C(O)C(C)(C([2H])([2H])[2H])C([2H])([2H])[2H])c1c([2H])c([2H])c2c(c1[2H])OC([2H])([2H])O2. The van der Waals surface area contributed by atoms with Crippen LogP contribution < -0.4 is 9.47 Å². The summed E-state index contributed by atoms with van der Waals surface area (Å²) in [5.74, 6) is -1.04. The van der Waals surface area contributed by atoms with Crippen molar-refractivity contribution < 1.29 is 31.0 Å². The van der Waals surface area contributed by atoms with Crippen LogP contribution in [0.25, 0.3) is 6.05 Å². The maximum Gasteiger partial charge on any atom is 0.231 e. The largest absolute Gasteiger partial charge is 0.454 e. The quantitative estimate of drug-likeness (QED) is 0.872. The highest BCUT2D eigenvalue weighted by atomic mass is 16.7. The molecule has 1 aliphatic heterocycles. The van der Waals surface area contributed by atoms with Crippen LogP contribution >= 0.6 is 0 Å². The molecule has 0 fully saturated rings. The van der Waals surface area contributed by atoms with Crippen molar-refractivity contribution in [2.24, 2.45) is 5.41 Å². The normalized spacial score (nSPS) is 31.8. The highest BCUT2D eigenvalue weighted by Gasteiger charge is 2.19. The van der Waals surface area contributed by atoms with Gasteiger partial charge in [-0.3, -0.25) is 0 Å². The van der Waals surface area contributed by atoms with Crippen LogP contribution in [0.4, 0.5) is 0 Å². The number of benzene rings is 1. The van der Waals surface area contributed by atoms with Gasteiger partial charge in [-0.2, -0.15) is 0 Å². The average Bonchev–Trinajstić information content (AvgIpc) is 2.86. The second-order valence-electron chi connectivity index (χ2n) is 3.65. The third kappa shape index (κ3) is 2.80. The topological polar surface area (TPSA) is 38.7 Å². The first-order chi connectivity index (χ1) is 12.8. The summed E-state index contributed by atoms with van der Waals surface area (Å²) in [6, 6.07) is -2.90. The van der Waals surface area contributed by atoms with E-state index in [1.807, 2.05) is 0 Å². The van der Waals surface area contributed by atoms with Crippen LogP contribution in [-0.4, -0.2) is 18.0 Å². The summed E-state index contributed by atoms with van der Waals surface area (Å²) in [7, 11) is 0. The summed E-state index contributed by atoms with van der Waals surface area (Å²) in [4.78, 5) is 0. The van der Waals surface area contributed by atoms with Crippen molar-refractivity contribution in [2.75, 3.05) is 6.75 Å². The Bertz CT molecular complexity index is 841. The molecule has 3 nitrogen and oxygen atoms in total. The molecule has 1 aromatic rings. The van der Waals surface area contributed by atoms with Gasteiger partial charge in [0.25, 0.3) is 0 Å². The molecule has 1 aliphatic rings. The predicted octanol–water partition coefficient (Wildman–Crippen LogP) is 2.84. The molecule has 0 saturated heterocycles. The summed E-state index contributed by atoms with van der Waals surface area (Å²) in [6.07, 6.45) is -1.62. The van der Waals surface area contributed by atoms with Gasteiger partial charge in [0.15, 0.2) is 11.5 Å². The lowest BCUT2D eigenvalue weighted by Gasteiger charge is -2.22. The Labute approximate surface area is 119 Å². The molecular weight excluding hydrogens is 216 g/mol. The van der Waals surface area contributed by atoms with E-state index in [4.69, 9.17) is 25.9 Å². The maximum atomic E-state index is 10.4. The second kappa shape index (κ2) is 4.41. The summed E-state index contributed by atoms with van der Waals surface area (Å²) in [5, 5.41) is 10.4. The van der Waals surface area contributed by atoms with Crippen molar-refractivity contribution in [3.63, 3.8) is 0 Å². The second-order valence-corrected chi connectivity index (χ2v) is 3.65. The summed E-state index contributed by atoms with van der Waals surface area (Å²) in [6.45, 7) is -8.17. The third-order valence-electron chi connectivity index (χ3n) is 2.01. The Morgan fingerprint density at radius 2 is 2.35 bits per heavy atom. The smallest absolute Gasteiger partial charge is 0.231 e. The fourth-order valence-corrected chi connectivity index (χ4v) is 1.03. The Hall–Kier alpha value is -1.48. The van der Waals surface area contributed by atoms with E-state index in [1.165, 1.54) is 0 Å². The molecule has 0 radical (unpaired) electrons. The van der Waals surface area contributed by atoms with Crippen molar-refractivity contribution in [1.82, 2.24) is 0 Å². The van der Waals surface area contributed by atoms with Crippen LogP contribution in [0.5, 0.6) is 11.5 Å². The zero-order chi connectivity index (χ0) is 22.7. The molecule has 2 rings (SSSR count). The fourth-order valence-electron chi connectivity index (χ4n) is 1.03. The molecule has 0 amide bonds. The maximum absolute atomic E-state index is 10.4. The third-order valence-corrected chi connectivity index (χ3v) is 2.01. The van der Waals surface area contributed by atoms with Crippen LogP contribution in [0.15, 0.2) is 24.2 Å². The van der Waals surface area contributed by atoms with Gasteiger partial charge in [-0.15, -0.1) is 0 Å². The minimum atomic E-state index is -3.15. The van der Waals surface area contributed by atoms with Gasteiger partial charge in [-0.05, 0) is 23.1 Å². The summed E-state index contributed by atoms with van der Waals surface area (Å²) in [5.41, 5.74) is -3.23. The van der Waals surface area contributed by atoms with Crippen LogP contribution in [0, 0.1) is 5.41 Å². The first-order valence-corrected chi connectivity index (χ1v) is 4.74. The van der Waals surface area contributed by atoms with E-state index in [1.54, 1.807) is 0 Å². The van der Waals surface area contributed by atoms with E-state index in [9.17, 15) is 5.11 Å². The Morgan fingerprint density at radius 1 is 1.59 bits per heavy atom. The summed E-state index contributed by atoms with van der Waals surface area (Å²) >= 11 is 0. The molecule has 92 valence electrons. The predicted molar refractivity (Wildman–Crippen MR) is 67.1 cm³/mol. The molecule has 0 bridgehead atoms. The van der Waals surface area contributed by atoms with E-state index >= 15 is 0 Å². The monoisotopic (exact) mass is 246 g/mol. The minimum absolute atomic E-state index is 0.503. The van der Waals surface area contributed by atoms with Crippen LogP contribution in [0.2, 0.25) is 0 Å². The number of aliphatic hydroxyl groups excluding tert-OH is 1. The molecular formula is C14H18O3. The van der Waals surface area contributed by atoms with Gasteiger partial charge >= 0.3 is 0 Å². The van der Waals surface area contributed by atoms with Gasteiger partial charge in [0.1, 0.15) is 2.74 Å². The fraction of sp³-hybridized carbons (Fsp3) is 0.429. The van der Waals surface area contributed by atoms with Crippen LogP contribution in [0.1, 0.15) is 42.6 Å². The molecule has 0 aliphatic carbocycles. The van der Waals surface area contributed by atoms with Crippen LogP contribution in [0.3, 0.4) is 0 Å². The van der Waals surface area contributed by atoms with Crippen molar-refractivity contribution >= 4 is 6.05 Å². The zero-order valence-corrected chi connectivity index (χ0v) is 8.92. The van der Waals surface area contributed by atoms with Crippen molar-refractivity contribution in [1.29, 1.82) is 0 Å². The van der Waals surface area contributed by atoms with E-state index in [2.05, 4.69) is 0 Å². The number of aliphatic hydroxyl groups is 1.